The highest BCUT2D eigenvalue weighted by Crippen LogP contribution is 2.38. The van der Waals surface area contributed by atoms with Gasteiger partial charge in [0.15, 0.2) is 17.3 Å². The number of ether oxygens (including phenoxy) is 2. The van der Waals surface area contributed by atoms with Crippen LogP contribution in [-0.2, 0) is 16.2 Å². The SMILES string of the molecule is COc1c(F)cccc1Oc1cc(C(F)(F)F)ccc1C(=O)Nc1cccc(S(N)(=O)=O)c1. The number of carbonyl (C=O) groups is 1. The quantitative estimate of drug-likeness (QED) is 0.500. The molecule has 0 aromatic heterocycles. The molecule has 0 aliphatic heterocycles. The second-order valence-electron chi connectivity index (χ2n) is 6.61. The summed E-state index contributed by atoms with van der Waals surface area (Å²) in [5.74, 6) is -2.91. The number of hydrogen-bond acceptors (Lipinski definition) is 5. The van der Waals surface area contributed by atoms with Crippen LogP contribution in [0.3, 0.4) is 0 Å². The van der Waals surface area contributed by atoms with Crippen molar-refractivity contribution in [3.05, 3.63) is 77.6 Å². The van der Waals surface area contributed by atoms with Gasteiger partial charge in [0.05, 0.1) is 23.1 Å². The Morgan fingerprint density at radius 2 is 1.70 bits per heavy atom. The lowest BCUT2D eigenvalue weighted by Gasteiger charge is -2.16. The molecule has 0 saturated carbocycles. The zero-order valence-electron chi connectivity index (χ0n) is 16.8. The molecule has 3 N–H and O–H groups in total. The molecule has 0 unspecified atom stereocenters. The Bertz CT molecular complexity index is 1310. The van der Waals surface area contributed by atoms with Gasteiger partial charge in [-0.2, -0.15) is 13.2 Å². The minimum Gasteiger partial charge on any atom is -0.490 e. The molecule has 0 atom stereocenters. The van der Waals surface area contributed by atoms with E-state index in [-0.39, 0.29) is 27.6 Å². The number of benzene rings is 3. The first-order valence-electron chi connectivity index (χ1n) is 9.06. The summed E-state index contributed by atoms with van der Waals surface area (Å²) >= 11 is 0. The number of halogens is 4. The van der Waals surface area contributed by atoms with E-state index in [9.17, 15) is 30.8 Å². The van der Waals surface area contributed by atoms with E-state index in [2.05, 4.69) is 5.32 Å². The average Bonchev–Trinajstić information content (AvgIpc) is 2.73. The third kappa shape index (κ3) is 5.59. The van der Waals surface area contributed by atoms with Crippen molar-refractivity contribution in [1.29, 1.82) is 0 Å². The lowest BCUT2D eigenvalue weighted by molar-refractivity contribution is -0.137. The molecule has 0 spiro atoms. The number of methoxy groups -OCH3 is 1. The number of carbonyl (C=O) groups excluding carboxylic acids is 1. The van der Waals surface area contributed by atoms with Crippen molar-refractivity contribution in [2.45, 2.75) is 11.1 Å². The van der Waals surface area contributed by atoms with E-state index in [1.807, 2.05) is 0 Å². The zero-order chi connectivity index (χ0) is 24.4. The van der Waals surface area contributed by atoms with Crippen LogP contribution in [0.2, 0.25) is 0 Å². The molecule has 33 heavy (non-hydrogen) atoms. The van der Waals surface area contributed by atoms with Crippen LogP contribution in [0.25, 0.3) is 0 Å². The molecule has 3 aromatic carbocycles. The maximum Gasteiger partial charge on any atom is 0.416 e. The van der Waals surface area contributed by atoms with Crippen LogP contribution in [0.4, 0.5) is 23.2 Å². The van der Waals surface area contributed by atoms with Gasteiger partial charge >= 0.3 is 6.18 Å². The summed E-state index contributed by atoms with van der Waals surface area (Å²) in [5, 5.41) is 7.43. The maximum atomic E-state index is 14.0. The van der Waals surface area contributed by atoms with Crippen LogP contribution >= 0.6 is 0 Å². The Morgan fingerprint density at radius 1 is 1.00 bits per heavy atom. The Hall–Kier alpha value is -3.64. The number of amides is 1. The lowest BCUT2D eigenvalue weighted by Crippen LogP contribution is -2.16. The van der Waals surface area contributed by atoms with E-state index >= 15 is 0 Å². The Morgan fingerprint density at radius 3 is 2.33 bits per heavy atom. The van der Waals surface area contributed by atoms with E-state index in [1.165, 1.54) is 30.3 Å². The first-order chi connectivity index (χ1) is 15.4. The van der Waals surface area contributed by atoms with Gasteiger partial charge in [-0.1, -0.05) is 12.1 Å². The Balaban J connectivity index is 2.03. The Labute approximate surface area is 185 Å². The monoisotopic (exact) mass is 484 g/mol. The standard InChI is InChI=1S/C21H16F4N2O5S/c1-31-19-16(22)6-3-7-17(19)32-18-10-12(21(23,24)25)8-9-15(18)20(28)27-13-4-2-5-14(11-13)33(26,29)30/h2-11H,1H3,(H,27,28)(H2,26,29,30). The molecule has 1 amide bonds. The lowest BCUT2D eigenvalue weighted by atomic mass is 10.1. The summed E-state index contributed by atoms with van der Waals surface area (Å²) in [6.07, 6.45) is -4.75. The van der Waals surface area contributed by atoms with E-state index in [4.69, 9.17) is 14.6 Å². The summed E-state index contributed by atoms with van der Waals surface area (Å²) in [5.41, 5.74) is -1.43. The second-order valence-corrected chi connectivity index (χ2v) is 8.17. The number of hydrogen-bond donors (Lipinski definition) is 2. The summed E-state index contributed by atoms with van der Waals surface area (Å²) in [7, 11) is -2.92. The highest BCUT2D eigenvalue weighted by molar-refractivity contribution is 7.89. The minimum absolute atomic E-state index is 0.0145. The van der Waals surface area contributed by atoms with Crippen LogP contribution in [0.15, 0.2) is 65.6 Å². The fourth-order valence-corrected chi connectivity index (χ4v) is 3.37. The number of anilines is 1. The molecule has 0 aliphatic carbocycles. The van der Waals surface area contributed by atoms with Gasteiger partial charge in [-0.3, -0.25) is 4.79 Å². The van der Waals surface area contributed by atoms with Crippen molar-refractivity contribution < 1.29 is 40.2 Å². The number of alkyl halides is 3. The molecule has 174 valence electrons. The molecule has 12 heteroatoms. The van der Waals surface area contributed by atoms with Crippen molar-refractivity contribution in [3.8, 4) is 17.2 Å². The van der Waals surface area contributed by atoms with Gasteiger partial charge in [0, 0.05) is 5.69 Å². The topological polar surface area (TPSA) is 108 Å². The van der Waals surface area contributed by atoms with Crippen LogP contribution in [0.1, 0.15) is 15.9 Å². The largest absolute Gasteiger partial charge is 0.490 e. The number of rotatable bonds is 6. The minimum atomic E-state index is -4.75. The molecule has 3 aromatic rings. The molecule has 0 fully saturated rings. The molecule has 0 aliphatic rings. The van der Waals surface area contributed by atoms with Crippen molar-refractivity contribution in [3.63, 3.8) is 0 Å². The van der Waals surface area contributed by atoms with Gasteiger partial charge in [0.1, 0.15) is 5.75 Å². The predicted octanol–water partition coefficient (Wildman–Crippen LogP) is 4.55. The van der Waals surface area contributed by atoms with Crippen LogP contribution in [-0.4, -0.2) is 21.4 Å². The van der Waals surface area contributed by atoms with Crippen molar-refractivity contribution in [2.24, 2.45) is 5.14 Å². The van der Waals surface area contributed by atoms with E-state index in [0.717, 1.165) is 25.3 Å². The fourth-order valence-electron chi connectivity index (χ4n) is 2.81. The van der Waals surface area contributed by atoms with Crippen LogP contribution in [0, 0.1) is 5.82 Å². The molecule has 7 nitrogen and oxygen atoms in total. The van der Waals surface area contributed by atoms with E-state index < -0.39 is 39.2 Å². The van der Waals surface area contributed by atoms with Gasteiger partial charge in [-0.15, -0.1) is 0 Å². The summed E-state index contributed by atoms with van der Waals surface area (Å²) in [6.45, 7) is 0. The first kappa shape index (κ1) is 24.0. The Kier molecular flexibility index (Phi) is 6.60. The predicted molar refractivity (Wildman–Crippen MR) is 110 cm³/mol. The highest BCUT2D eigenvalue weighted by Gasteiger charge is 2.32. The van der Waals surface area contributed by atoms with E-state index in [0.29, 0.717) is 12.1 Å². The summed E-state index contributed by atoms with van der Waals surface area (Å²) in [6, 6.07) is 10.6. The van der Waals surface area contributed by atoms with Gasteiger partial charge in [-0.25, -0.2) is 17.9 Å². The normalized spacial score (nSPS) is 11.7. The van der Waals surface area contributed by atoms with Gasteiger partial charge in [0.25, 0.3) is 5.91 Å². The fraction of sp³-hybridized carbons (Fsp3) is 0.0952. The van der Waals surface area contributed by atoms with Gasteiger partial charge in [0.2, 0.25) is 10.0 Å². The molecule has 0 heterocycles. The first-order valence-corrected chi connectivity index (χ1v) is 10.6. The van der Waals surface area contributed by atoms with Crippen LogP contribution in [0.5, 0.6) is 17.2 Å². The molecule has 3 rings (SSSR count). The van der Waals surface area contributed by atoms with Crippen molar-refractivity contribution in [2.75, 3.05) is 12.4 Å². The third-order valence-electron chi connectivity index (χ3n) is 4.33. The van der Waals surface area contributed by atoms with Crippen molar-refractivity contribution in [1.82, 2.24) is 0 Å². The summed E-state index contributed by atoms with van der Waals surface area (Å²) in [4.78, 5) is 12.5. The number of para-hydroxylation sites is 1. The number of primary sulfonamides is 1. The highest BCUT2D eigenvalue weighted by atomic mass is 32.2. The number of sulfonamides is 1. The van der Waals surface area contributed by atoms with Crippen LogP contribution < -0.4 is 19.9 Å². The third-order valence-corrected chi connectivity index (χ3v) is 5.24. The number of nitrogens with one attached hydrogen (secondary N) is 1. The number of nitrogens with two attached hydrogens (primary N) is 1. The smallest absolute Gasteiger partial charge is 0.416 e. The molecular formula is C21H16F4N2O5S. The maximum absolute atomic E-state index is 14.0. The zero-order valence-corrected chi connectivity index (χ0v) is 17.6. The van der Waals surface area contributed by atoms with Gasteiger partial charge < -0.3 is 14.8 Å². The molecule has 0 bridgehead atoms. The molecule has 0 saturated heterocycles. The van der Waals surface area contributed by atoms with Gasteiger partial charge in [-0.05, 0) is 48.5 Å². The van der Waals surface area contributed by atoms with Crippen molar-refractivity contribution >= 4 is 21.6 Å². The average molecular weight is 484 g/mol. The summed E-state index contributed by atoms with van der Waals surface area (Å²) < 4.78 is 87.1. The second kappa shape index (κ2) is 9.08. The molecular weight excluding hydrogens is 468 g/mol. The van der Waals surface area contributed by atoms with E-state index in [1.54, 1.807) is 0 Å². The molecule has 0 radical (unpaired) electrons.